The van der Waals surface area contributed by atoms with Gasteiger partial charge in [0.05, 0.1) is 29.4 Å². The molecule has 4 aliphatic rings. The minimum absolute atomic E-state index is 0.00516. The van der Waals surface area contributed by atoms with E-state index in [2.05, 4.69) is 5.43 Å². The van der Waals surface area contributed by atoms with E-state index in [1.165, 1.54) is 29.2 Å². The predicted molar refractivity (Wildman–Crippen MR) is 176 cm³/mol. The van der Waals surface area contributed by atoms with Gasteiger partial charge in [0.1, 0.15) is 29.4 Å². The number of benzene rings is 2. The first-order chi connectivity index (χ1) is 24.1. The van der Waals surface area contributed by atoms with Gasteiger partial charge in [-0.2, -0.15) is 5.01 Å². The summed E-state index contributed by atoms with van der Waals surface area (Å²) in [6.45, 7) is -0.241. The lowest BCUT2D eigenvalue weighted by molar-refractivity contribution is -0.141. The van der Waals surface area contributed by atoms with Gasteiger partial charge in [0.2, 0.25) is 11.8 Å². The number of halogens is 2. The van der Waals surface area contributed by atoms with Gasteiger partial charge < -0.3 is 14.6 Å². The summed E-state index contributed by atoms with van der Waals surface area (Å²) in [6, 6.07) is 15.2. The monoisotopic (exact) mass is 703 g/mol. The fourth-order valence-corrected chi connectivity index (χ4v) is 8.73. The van der Waals surface area contributed by atoms with Crippen molar-refractivity contribution >= 4 is 46.9 Å². The predicted octanol–water partition coefficient (Wildman–Crippen LogP) is 5.19. The molecule has 0 unspecified atom stereocenters. The van der Waals surface area contributed by atoms with Crippen molar-refractivity contribution in [2.24, 2.45) is 23.7 Å². The molecule has 0 spiro atoms. The highest BCUT2D eigenvalue weighted by atomic mass is 35.5. The second kappa shape index (κ2) is 13.1. The Morgan fingerprint density at radius 3 is 2.36 bits per heavy atom. The highest BCUT2D eigenvalue weighted by Crippen LogP contribution is 2.64. The fourth-order valence-electron chi connectivity index (χ4n) is 8.61. The maximum atomic E-state index is 15.0. The molecule has 11 nitrogen and oxygen atoms in total. The fraction of sp³-hybridized carbons (Fsp3) is 0.378. The number of unbranched alkanes of at least 4 members (excludes halogenated alkanes) is 2. The number of anilines is 1. The summed E-state index contributed by atoms with van der Waals surface area (Å²) in [6.07, 6.45) is 3.66. The molecule has 3 fully saturated rings. The Labute approximate surface area is 291 Å². The third-order valence-electron chi connectivity index (χ3n) is 10.7. The molecule has 3 heterocycles. The number of furan rings is 1. The van der Waals surface area contributed by atoms with Crippen LogP contribution in [0.3, 0.4) is 0 Å². The van der Waals surface area contributed by atoms with E-state index in [-0.39, 0.29) is 43.4 Å². The van der Waals surface area contributed by atoms with E-state index in [1.807, 2.05) is 6.08 Å². The van der Waals surface area contributed by atoms with Crippen LogP contribution < -0.4 is 5.43 Å². The molecule has 50 heavy (non-hydrogen) atoms. The first-order valence-electron chi connectivity index (χ1n) is 16.7. The zero-order chi connectivity index (χ0) is 35.3. The number of aliphatic hydroxyl groups is 1. The Morgan fingerprint density at radius 2 is 1.68 bits per heavy atom. The van der Waals surface area contributed by atoms with E-state index in [1.54, 1.807) is 36.4 Å². The first kappa shape index (κ1) is 33.7. The minimum Gasteiger partial charge on any atom is -0.481 e. The summed E-state index contributed by atoms with van der Waals surface area (Å²) in [4.78, 5) is 69.6. The van der Waals surface area contributed by atoms with Gasteiger partial charge in [-0.15, -0.1) is 0 Å². The number of carbonyl (C=O) groups excluding carboxylic acids is 4. The van der Waals surface area contributed by atoms with Gasteiger partial charge in [0.15, 0.2) is 0 Å². The summed E-state index contributed by atoms with van der Waals surface area (Å²) in [5.41, 5.74) is 2.82. The maximum absolute atomic E-state index is 15.0. The molecule has 1 aromatic heterocycles. The van der Waals surface area contributed by atoms with Crippen LogP contribution in [0.1, 0.15) is 61.5 Å². The van der Waals surface area contributed by atoms with Gasteiger partial charge in [0, 0.05) is 18.0 Å². The van der Waals surface area contributed by atoms with Gasteiger partial charge in [-0.3, -0.25) is 34.3 Å². The quantitative estimate of drug-likeness (QED) is 0.139. The third kappa shape index (κ3) is 5.41. The lowest BCUT2D eigenvalue weighted by Gasteiger charge is -2.49. The second-order valence-electron chi connectivity index (χ2n) is 13.4. The Kier molecular flexibility index (Phi) is 8.85. The highest BCUT2D eigenvalue weighted by molar-refractivity contribution is 6.30. The molecule has 2 aliphatic carbocycles. The number of hydrazine groups is 1. The summed E-state index contributed by atoms with van der Waals surface area (Å²) in [5, 5.41) is 20.3. The Morgan fingerprint density at radius 1 is 0.940 bits per heavy atom. The number of nitrogens with one attached hydrogen (secondary N) is 1. The lowest BCUT2D eigenvalue weighted by Crippen LogP contribution is -2.53. The molecule has 4 amide bonds. The number of imide groups is 2. The van der Waals surface area contributed by atoms with Crippen LogP contribution >= 0.6 is 11.6 Å². The number of aliphatic carboxylic acids is 1. The van der Waals surface area contributed by atoms with Crippen LogP contribution in [-0.4, -0.2) is 56.3 Å². The van der Waals surface area contributed by atoms with E-state index >= 15 is 4.79 Å². The molecular weight excluding hydrogens is 669 g/mol. The van der Waals surface area contributed by atoms with Crippen molar-refractivity contribution in [1.82, 2.24) is 9.91 Å². The number of hydrogen-bond donors (Lipinski definition) is 3. The molecular formula is C37H35ClFN3O8. The number of allylic oxidation sites excluding steroid dienone is 2. The van der Waals surface area contributed by atoms with Gasteiger partial charge in [-0.25, -0.2) is 4.39 Å². The molecule has 13 heteroatoms. The lowest BCUT2D eigenvalue weighted by atomic mass is 9.50. The van der Waals surface area contributed by atoms with Crippen molar-refractivity contribution in [2.45, 2.75) is 56.5 Å². The molecule has 7 rings (SSSR count). The maximum Gasteiger partial charge on any atom is 0.303 e. The standard InChI is InChI=1S/C37H35ClFN3O8/c38-21-7-5-20(6-8-21)37-28(34(47)42(36(37)49)40-23-11-9-22(39)10-12-23)18-27-25(32(37)29-16-13-24(19-43)50-29)14-15-26-31(27)35(48)41(33(26)46)17-3-1-2-4-30(44)45/h5-14,16,26-28,31-32,40,43H,1-4,15,17-19H2,(H,44,45)/t26-,27+,28-,31-,32+,37+/m0/s1. The zero-order valence-corrected chi connectivity index (χ0v) is 27.6. The summed E-state index contributed by atoms with van der Waals surface area (Å²) >= 11 is 6.30. The highest BCUT2D eigenvalue weighted by Gasteiger charge is 2.71. The van der Waals surface area contributed by atoms with Gasteiger partial charge >= 0.3 is 5.97 Å². The second-order valence-corrected chi connectivity index (χ2v) is 13.8. The summed E-state index contributed by atoms with van der Waals surface area (Å²) < 4.78 is 19.9. The summed E-state index contributed by atoms with van der Waals surface area (Å²) in [7, 11) is 0. The average molecular weight is 704 g/mol. The van der Waals surface area contributed by atoms with Crippen molar-refractivity contribution in [3.05, 3.63) is 100 Å². The SMILES string of the molecule is O=C(O)CCCCCN1C(=O)[C@H]2[C@H](CC=C3[C@H]2C[C@H]2C(=O)N(Nc4ccc(F)cc4)C(=O)[C@@]2(c2ccc(Cl)cc2)[C@H]3c2ccc(CO)o2)C1=O. The number of fused-ring (bicyclic) bond motifs is 4. The van der Waals surface area contributed by atoms with Crippen molar-refractivity contribution in [1.29, 1.82) is 0 Å². The minimum atomic E-state index is -1.58. The number of amides is 4. The Balaban J connectivity index is 1.33. The average Bonchev–Trinajstić information content (AvgIpc) is 3.74. The molecule has 260 valence electrons. The van der Waals surface area contributed by atoms with Gasteiger partial charge in [-0.05, 0) is 85.7 Å². The van der Waals surface area contributed by atoms with Gasteiger partial charge in [-0.1, -0.05) is 41.8 Å². The molecule has 1 saturated carbocycles. The summed E-state index contributed by atoms with van der Waals surface area (Å²) in [5.74, 6) is -6.55. The van der Waals surface area contributed by atoms with Crippen molar-refractivity contribution in [2.75, 3.05) is 12.0 Å². The number of carboxylic acids is 1. The van der Waals surface area contributed by atoms with Crippen LogP contribution in [-0.2, 0) is 36.0 Å². The normalized spacial score (nSPS) is 27.3. The first-order valence-corrected chi connectivity index (χ1v) is 17.1. The molecule has 2 aliphatic heterocycles. The molecule has 3 N–H and O–H groups in total. The number of carbonyl (C=O) groups is 5. The zero-order valence-electron chi connectivity index (χ0n) is 26.9. The Hall–Kier alpha value is -4.81. The van der Waals surface area contributed by atoms with Crippen LogP contribution in [0.15, 0.2) is 76.7 Å². The topological polar surface area (TPSA) is 157 Å². The molecule has 0 radical (unpaired) electrons. The van der Waals surface area contributed by atoms with Crippen LogP contribution in [0.4, 0.5) is 10.1 Å². The molecule has 3 aromatic rings. The molecule has 2 aromatic carbocycles. The van der Waals surface area contributed by atoms with E-state index in [4.69, 9.17) is 21.1 Å². The number of aliphatic hydroxyl groups excluding tert-OH is 1. The smallest absolute Gasteiger partial charge is 0.303 e. The Bertz CT molecular complexity index is 1890. The van der Waals surface area contributed by atoms with Crippen LogP contribution in [0.5, 0.6) is 0 Å². The number of rotatable bonds is 11. The number of nitrogens with zero attached hydrogens (tertiary/aromatic N) is 2. The van der Waals surface area contributed by atoms with Crippen LogP contribution in [0, 0.1) is 29.5 Å². The van der Waals surface area contributed by atoms with E-state index < -0.39 is 65.2 Å². The van der Waals surface area contributed by atoms with Crippen molar-refractivity contribution in [3.8, 4) is 0 Å². The molecule has 2 saturated heterocycles. The number of hydrogen-bond acceptors (Lipinski definition) is 8. The van der Waals surface area contributed by atoms with Crippen LogP contribution in [0.2, 0.25) is 5.02 Å². The van der Waals surface area contributed by atoms with E-state index in [0.717, 1.165) is 5.01 Å². The third-order valence-corrected chi connectivity index (χ3v) is 11.0. The van der Waals surface area contributed by atoms with Crippen molar-refractivity contribution in [3.63, 3.8) is 0 Å². The number of likely N-dealkylation sites (tertiary alicyclic amines) is 1. The number of carboxylic acid groups (broad SMARTS) is 1. The molecule has 0 bridgehead atoms. The van der Waals surface area contributed by atoms with E-state index in [9.17, 15) is 28.7 Å². The van der Waals surface area contributed by atoms with Gasteiger partial charge in [0.25, 0.3) is 11.8 Å². The largest absolute Gasteiger partial charge is 0.481 e. The van der Waals surface area contributed by atoms with Crippen LogP contribution in [0.25, 0.3) is 0 Å². The van der Waals surface area contributed by atoms with E-state index in [0.29, 0.717) is 46.9 Å². The van der Waals surface area contributed by atoms with Crippen molar-refractivity contribution < 1.29 is 43.0 Å². The molecule has 6 atom stereocenters.